The Kier molecular flexibility index (Phi) is 3.14. The van der Waals surface area contributed by atoms with Crippen molar-refractivity contribution in [2.45, 2.75) is 6.42 Å². The summed E-state index contributed by atoms with van der Waals surface area (Å²) in [6, 6.07) is 7.30. The number of hydrogen-bond donors (Lipinski definition) is 1. The fraction of sp³-hybridized carbons (Fsp3) is 0.222. The molecule has 1 aromatic carbocycles. The first-order valence-corrected chi connectivity index (χ1v) is 3.89. The molecule has 0 aliphatic carbocycles. The van der Waals surface area contributed by atoms with Crippen molar-refractivity contribution in [2.24, 2.45) is 5.18 Å². The Labute approximate surface area is 75.9 Å². The number of nitrogens with one attached hydrogen (secondary N) is 1. The van der Waals surface area contributed by atoms with Crippen molar-refractivity contribution in [1.29, 1.82) is 0 Å². The van der Waals surface area contributed by atoms with Crippen molar-refractivity contribution in [3.05, 3.63) is 34.7 Å². The van der Waals surface area contributed by atoms with E-state index in [0.29, 0.717) is 0 Å². The molecule has 0 bridgehead atoms. The molecule has 0 aliphatic rings. The summed E-state index contributed by atoms with van der Waals surface area (Å²) in [5.41, 5.74) is 1.63. The van der Waals surface area contributed by atoms with E-state index in [2.05, 4.69) is 10.5 Å². The minimum atomic E-state index is -0.650. The number of nitrogens with zero attached hydrogens (tertiary/aromatic N) is 1. The highest BCUT2D eigenvalue weighted by atomic mass is 16.3. The molecule has 68 valence electrons. The van der Waals surface area contributed by atoms with Gasteiger partial charge in [0.25, 0.3) is 5.91 Å². The number of nitroso groups, excluding NO2 is 1. The SMILES string of the molecule is CNc1ccccc1CC(=O)N=O. The lowest BCUT2D eigenvalue weighted by Gasteiger charge is -2.05. The number of carbonyl (C=O) groups is 1. The zero-order valence-electron chi connectivity index (χ0n) is 7.28. The van der Waals surface area contributed by atoms with E-state index >= 15 is 0 Å². The van der Waals surface area contributed by atoms with Gasteiger partial charge in [0.1, 0.15) is 0 Å². The molecular formula is C9H10N2O2. The lowest BCUT2D eigenvalue weighted by molar-refractivity contribution is -0.117. The lowest BCUT2D eigenvalue weighted by Crippen LogP contribution is -2.01. The Bertz CT molecular complexity index is 323. The fourth-order valence-electron chi connectivity index (χ4n) is 1.11. The first kappa shape index (κ1) is 9.38. The first-order valence-electron chi connectivity index (χ1n) is 3.89. The molecule has 0 aromatic heterocycles. The molecule has 13 heavy (non-hydrogen) atoms. The standard InChI is InChI=1S/C9H10N2O2/c1-10-8-5-3-2-4-7(8)6-9(12)11-13/h2-5,10H,6H2,1H3. The first-order chi connectivity index (χ1) is 6.27. The second-order valence-electron chi connectivity index (χ2n) is 2.57. The smallest absolute Gasteiger partial charge is 0.290 e. The van der Waals surface area contributed by atoms with E-state index in [-0.39, 0.29) is 6.42 Å². The largest absolute Gasteiger partial charge is 0.388 e. The number of amides is 1. The number of carbonyl (C=O) groups excluding carboxylic acids is 1. The topological polar surface area (TPSA) is 58.5 Å². The quantitative estimate of drug-likeness (QED) is 0.714. The van der Waals surface area contributed by atoms with E-state index in [4.69, 9.17) is 0 Å². The maximum Gasteiger partial charge on any atom is 0.290 e. The molecule has 0 radical (unpaired) electrons. The zero-order chi connectivity index (χ0) is 9.68. The van der Waals surface area contributed by atoms with Gasteiger partial charge in [-0.25, -0.2) is 0 Å². The summed E-state index contributed by atoms with van der Waals surface area (Å²) in [5.74, 6) is -0.650. The van der Waals surface area contributed by atoms with Crippen LogP contribution >= 0.6 is 0 Å². The van der Waals surface area contributed by atoms with Crippen LogP contribution in [0.2, 0.25) is 0 Å². The third-order valence-corrected chi connectivity index (χ3v) is 1.73. The molecule has 0 saturated carbocycles. The van der Waals surface area contributed by atoms with Crippen LogP contribution in [0.3, 0.4) is 0 Å². The summed E-state index contributed by atoms with van der Waals surface area (Å²) in [6.45, 7) is 0. The van der Waals surface area contributed by atoms with Gasteiger partial charge >= 0.3 is 0 Å². The molecule has 4 heteroatoms. The number of anilines is 1. The van der Waals surface area contributed by atoms with Gasteiger partial charge in [0, 0.05) is 17.9 Å². The van der Waals surface area contributed by atoms with Crippen molar-refractivity contribution in [1.82, 2.24) is 0 Å². The molecule has 0 fully saturated rings. The van der Waals surface area contributed by atoms with Gasteiger partial charge < -0.3 is 5.32 Å². The predicted molar refractivity (Wildman–Crippen MR) is 50.5 cm³/mol. The Morgan fingerprint density at radius 2 is 2.15 bits per heavy atom. The van der Waals surface area contributed by atoms with Gasteiger partial charge in [0.2, 0.25) is 0 Å². The van der Waals surface area contributed by atoms with E-state index in [0.717, 1.165) is 11.3 Å². The van der Waals surface area contributed by atoms with Gasteiger partial charge in [-0.2, -0.15) is 0 Å². The van der Waals surface area contributed by atoms with Crippen LogP contribution in [0.4, 0.5) is 5.69 Å². The Balaban J connectivity index is 2.86. The molecule has 1 N–H and O–H groups in total. The van der Waals surface area contributed by atoms with Crippen LogP contribution in [0.25, 0.3) is 0 Å². The molecule has 0 spiro atoms. The molecule has 0 unspecified atom stereocenters. The van der Waals surface area contributed by atoms with Crippen molar-refractivity contribution in [3.8, 4) is 0 Å². The van der Waals surface area contributed by atoms with Crippen molar-refractivity contribution >= 4 is 11.6 Å². The highest BCUT2D eigenvalue weighted by Crippen LogP contribution is 2.14. The van der Waals surface area contributed by atoms with Crippen LogP contribution in [0.1, 0.15) is 5.56 Å². The third-order valence-electron chi connectivity index (χ3n) is 1.73. The molecular weight excluding hydrogens is 168 g/mol. The molecule has 0 aliphatic heterocycles. The van der Waals surface area contributed by atoms with Crippen LogP contribution in [-0.4, -0.2) is 13.0 Å². The highest BCUT2D eigenvalue weighted by molar-refractivity contribution is 5.80. The minimum Gasteiger partial charge on any atom is -0.388 e. The summed E-state index contributed by atoms with van der Waals surface area (Å²) >= 11 is 0. The fourth-order valence-corrected chi connectivity index (χ4v) is 1.11. The van der Waals surface area contributed by atoms with E-state index < -0.39 is 5.91 Å². The van der Waals surface area contributed by atoms with E-state index in [1.807, 2.05) is 18.2 Å². The van der Waals surface area contributed by atoms with Crippen LogP contribution in [0.15, 0.2) is 29.4 Å². The summed E-state index contributed by atoms with van der Waals surface area (Å²) in [4.78, 5) is 20.6. The zero-order valence-corrected chi connectivity index (χ0v) is 7.28. The molecule has 1 amide bonds. The van der Waals surface area contributed by atoms with Crippen molar-refractivity contribution < 1.29 is 4.79 Å². The van der Waals surface area contributed by atoms with Gasteiger partial charge in [0.15, 0.2) is 0 Å². The molecule has 0 saturated heterocycles. The average molecular weight is 178 g/mol. The summed E-state index contributed by atoms with van der Waals surface area (Å²) in [6.07, 6.45) is 0.0561. The van der Waals surface area contributed by atoms with Crippen molar-refractivity contribution in [2.75, 3.05) is 12.4 Å². The number of para-hydroxylation sites is 1. The van der Waals surface area contributed by atoms with Crippen molar-refractivity contribution in [3.63, 3.8) is 0 Å². The van der Waals surface area contributed by atoms with Gasteiger partial charge in [-0.05, 0) is 11.6 Å². The van der Waals surface area contributed by atoms with Gasteiger partial charge in [-0.3, -0.25) is 4.79 Å². The van der Waals surface area contributed by atoms with Crippen LogP contribution < -0.4 is 5.32 Å². The highest BCUT2D eigenvalue weighted by Gasteiger charge is 2.05. The van der Waals surface area contributed by atoms with Gasteiger partial charge in [0.05, 0.1) is 6.42 Å². The number of hydrogen-bond acceptors (Lipinski definition) is 3. The Morgan fingerprint density at radius 1 is 1.46 bits per heavy atom. The normalized spacial score (nSPS) is 9.31. The van der Waals surface area contributed by atoms with E-state index in [1.54, 1.807) is 13.1 Å². The van der Waals surface area contributed by atoms with E-state index in [9.17, 15) is 9.70 Å². The molecule has 0 atom stereocenters. The molecule has 1 aromatic rings. The van der Waals surface area contributed by atoms with Crippen LogP contribution in [0, 0.1) is 4.91 Å². The summed E-state index contributed by atoms with van der Waals surface area (Å²) in [5, 5.41) is 5.27. The third kappa shape index (κ3) is 2.37. The predicted octanol–water partition coefficient (Wildman–Crippen LogP) is 1.56. The minimum absolute atomic E-state index is 0.0561. The summed E-state index contributed by atoms with van der Waals surface area (Å²) < 4.78 is 0. The Morgan fingerprint density at radius 3 is 2.77 bits per heavy atom. The van der Waals surface area contributed by atoms with Crippen LogP contribution in [-0.2, 0) is 11.2 Å². The second kappa shape index (κ2) is 4.35. The molecule has 0 heterocycles. The molecule has 4 nitrogen and oxygen atoms in total. The maximum atomic E-state index is 10.7. The number of benzene rings is 1. The Hall–Kier alpha value is -1.71. The van der Waals surface area contributed by atoms with Gasteiger partial charge in [-0.15, -0.1) is 4.91 Å². The number of rotatable bonds is 3. The van der Waals surface area contributed by atoms with Crippen LogP contribution in [0.5, 0.6) is 0 Å². The second-order valence-corrected chi connectivity index (χ2v) is 2.57. The van der Waals surface area contributed by atoms with E-state index in [1.165, 1.54) is 0 Å². The molecule has 1 rings (SSSR count). The monoisotopic (exact) mass is 178 g/mol. The van der Waals surface area contributed by atoms with Gasteiger partial charge in [-0.1, -0.05) is 18.2 Å². The summed E-state index contributed by atoms with van der Waals surface area (Å²) in [7, 11) is 1.76. The average Bonchev–Trinajstić information content (AvgIpc) is 2.18. The maximum absolute atomic E-state index is 10.7. The lowest BCUT2D eigenvalue weighted by atomic mass is 10.1.